The quantitative estimate of drug-likeness (QED) is 0.887. The minimum absolute atomic E-state index is 0.235. The van der Waals surface area contributed by atoms with Gasteiger partial charge in [-0.2, -0.15) is 0 Å². The van der Waals surface area contributed by atoms with Crippen LogP contribution >= 0.6 is 11.6 Å². The van der Waals surface area contributed by atoms with E-state index < -0.39 is 20.7 Å². The fourth-order valence-corrected chi connectivity index (χ4v) is 3.29. The zero-order valence-electron chi connectivity index (χ0n) is 11.2. The van der Waals surface area contributed by atoms with E-state index in [0.29, 0.717) is 12.2 Å². The van der Waals surface area contributed by atoms with E-state index in [0.717, 1.165) is 5.56 Å². The molecule has 2 aromatic carbocycles. The molecule has 0 saturated carbocycles. The Morgan fingerprint density at radius 2 is 1.86 bits per heavy atom. The predicted octanol–water partition coefficient (Wildman–Crippen LogP) is 3.00. The first-order valence-corrected chi connectivity index (χ1v) is 8.01. The van der Waals surface area contributed by atoms with Gasteiger partial charge >= 0.3 is 0 Å². The van der Waals surface area contributed by atoms with Crippen molar-refractivity contribution in [3.8, 4) is 0 Å². The summed E-state index contributed by atoms with van der Waals surface area (Å²) in [6, 6.07) is 10.7. The number of rotatable bonds is 5. The van der Waals surface area contributed by atoms with Gasteiger partial charge in [0.05, 0.1) is 10.7 Å². The molecule has 0 radical (unpaired) electrons. The molecule has 0 aliphatic heterocycles. The molecule has 112 valence electrons. The molecule has 0 saturated heterocycles. The van der Waals surface area contributed by atoms with Crippen molar-refractivity contribution in [1.82, 2.24) is 5.32 Å². The summed E-state index contributed by atoms with van der Waals surface area (Å²) in [7, 11) is -2.29. The summed E-state index contributed by atoms with van der Waals surface area (Å²) >= 11 is 5.63. The van der Waals surface area contributed by atoms with Crippen molar-refractivity contribution in [3.05, 3.63) is 58.9 Å². The molecule has 0 heterocycles. The lowest BCUT2D eigenvalue weighted by Gasteiger charge is -2.13. The summed E-state index contributed by atoms with van der Waals surface area (Å²) in [5.74, 6) is -0.960. The zero-order valence-corrected chi connectivity index (χ0v) is 12.8. The number of halogens is 2. The van der Waals surface area contributed by atoms with Crippen LogP contribution in [0.15, 0.2) is 47.4 Å². The second-order valence-electron chi connectivity index (χ2n) is 4.34. The number of hydrogen-bond acceptors (Lipinski definition) is 3. The Morgan fingerprint density at radius 3 is 2.57 bits per heavy atom. The van der Waals surface area contributed by atoms with Gasteiger partial charge in [0.15, 0.2) is 5.82 Å². The zero-order chi connectivity index (χ0) is 15.5. The summed E-state index contributed by atoms with van der Waals surface area (Å²) < 4.78 is 40.9. The van der Waals surface area contributed by atoms with Crippen LogP contribution in [0.3, 0.4) is 0 Å². The number of para-hydroxylation sites is 1. The Bertz CT molecular complexity index is 750. The molecule has 4 nitrogen and oxygen atoms in total. The molecular weight excluding hydrogens is 315 g/mol. The number of anilines is 1. The molecule has 21 heavy (non-hydrogen) atoms. The van der Waals surface area contributed by atoms with Crippen LogP contribution in [0.5, 0.6) is 0 Å². The average molecular weight is 329 g/mol. The molecular formula is C14H14ClFN2O2S. The first-order valence-electron chi connectivity index (χ1n) is 6.15. The second kappa shape index (κ2) is 6.43. The van der Waals surface area contributed by atoms with Gasteiger partial charge in [-0.1, -0.05) is 35.9 Å². The second-order valence-corrected chi connectivity index (χ2v) is 6.40. The topological polar surface area (TPSA) is 58.2 Å². The van der Waals surface area contributed by atoms with Gasteiger partial charge in [-0.25, -0.2) is 12.8 Å². The highest BCUT2D eigenvalue weighted by atomic mass is 35.5. The standard InChI is InChI=1S/C14H14ClFN2O2S/c1-17-9-10-5-2-3-7-12(10)18-21(19,20)13-8-4-6-11(15)14(13)16/h2-8,17-18H,9H2,1H3. The van der Waals surface area contributed by atoms with Crippen LogP contribution in [0.2, 0.25) is 5.02 Å². The van der Waals surface area contributed by atoms with E-state index in [9.17, 15) is 12.8 Å². The van der Waals surface area contributed by atoms with Gasteiger partial charge in [-0.15, -0.1) is 0 Å². The molecule has 0 aliphatic carbocycles. The van der Waals surface area contributed by atoms with Crippen molar-refractivity contribution in [2.75, 3.05) is 11.8 Å². The summed E-state index contributed by atoms with van der Waals surface area (Å²) in [6.07, 6.45) is 0. The highest BCUT2D eigenvalue weighted by Crippen LogP contribution is 2.25. The van der Waals surface area contributed by atoms with Crippen molar-refractivity contribution in [1.29, 1.82) is 0 Å². The van der Waals surface area contributed by atoms with Gasteiger partial charge in [-0.3, -0.25) is 4.72 Å². The Morgan fingerprint density at radius 1 is 1.14 bits per heavy atom. The van der Waals surface area contributed by atoms with Crippen LogP contribution < -0.4 is 10.0 Å². The maximum absolute atomic E-state index is 13.9. The molecule has 0 bridgehead atoms. The minimum Gasteiger partial charge on any atom is -0.316 e. The van der Waals surface area contributed by atoms with E-state index in [4.69, 9.17) is 11.6 Å². The summed E-state index contributed by atoms with van der Waals surface area (Å²) in [5.41, 5.74) is 1.15. The van der Waals surface area contributed by atoms with E-state index in [1.165, 1.54) is 18.2 Å². The molecule has 0 aliphatic rings. The molecule has 0 spiro atoms. The number of benzene rings is 2. The van der Waals surface area contributed by atoms with Crippen LogP contribution in [0.4, 0.5) is 10.1 Å². The normalized spacial score (nSPS) is 11.4. The molecule has 2 N–H and O–H groups in total. The highest BCUT2D eigenvalue weighted by Gasteiger charge is 2.21. The van der Waals surface area contributed by atoms with Gasteiger partial charge in [0.2, 0.25) is 0 Å². The number of nitrogens with one attached hydrogen (secondary N) is 2. The third-order valence-electron chi connectivity index (χ3n) is 2.83. The highest BCUT2D eigenvalue weighted by molar-refractivity contribution is 7.92. The molecule has 2 aromatic rings. The van der Waals surface area contributed by atoms with Crippen LogP contribution in [0.25, 0.3) is 0 Å². The number of sulfonamides is 1. The lowest BCUT2D eigenvalue weighted by molar-refractivity contribution is 0.570. The van der Waals surface area contributed by atoms with Crippen LogP contribution in [-0.2, 0) is 16.6 Å². The Labute approximate surface area is 128 Å². The smallest absolute Gasteiger partial charge is 0.264 e. The Balaban J connectivity index is 2.40. The van der Waals surface area contributed by atoms with Gasteiger partial charge < -0.3 is 5.32 Å². The van der Waals surface area contributed by atoms with Gasteiger partial charge in [0.1, 0.15) is 4.90 Å². The SMILES string of the molecule is CNCc1ccccc1NS(=O)(=O)c1cccc(Cl)c1F. The largest absolute Gasteiger partial charge is 0.316 e. The molecule has 0 atom stereocenters. The molecule has 2 rings (SSSR count). The van der Waals surface area contributed by atoms with E-state index in [1.54, 1.807) is 31.3 Å². The van der Waals surface area contributed by atoms with Crippen molar-refractivity contribution in [2.24, 2.45) is 0 Å². The van der Waals surface area contributed by atoms with E-state index >= 15 is 0 Å². The molecule has 0 fully saturated rings. The molecule has 0 amide bonds. The monoisotopic (exact) mass is 328 g/mol. The third-order valence-corrected chi connectivity index (χ3v) is 4.51. The maximum Gasteiger partial charge on any atom is 0.264 e. The van der Waals surface area contributed by atoms with Gasteiger partial charge in [0, 0.05) is 6.54 Å². The number of hydrogen-bond donors (Lipinski definition) is 2. The first-order chi connectivity index (χ1) is 9.95. The average Bonchev–Trinajstić information content (AvgIpc) is 2.44. The van der Waals surface area contributed by atoms with E-state index in [2.05, 4.69) is 10.0 Å². The lowest BCUT2D eigenvalue weighted by atomic mass is 10.2. The molecule has 0 aromatic heterocycles. The van der Waals surface area contributed by atoms with Crippen LogP contribution in [0, 0.1) is 5.82 Å². The lowest BCUT2D eigenvalue weighted by Crippen LogP contribution is -2.17. The summed E-state index contributed by atoms with van der Waals surface area (Å²) in [6.45, 7) is 0.483. The maximum atomic E-state index is 13.9. The van der Waals surface area contributed by atoms with Crippen molar-refractivity contribution in [3.63, 3.8) is 0 Å². The predicted molar refractivity (Wildman–Crippen MR) is 81.4 cm³/mol. The van der Waals surface area contributed by atoms with E-state index in [1.807, 2.05) is 0 Å². The molecule has 7 heteroatoms. The summed E-state index contributed by atoms with van der Waals surface area (Å²) in [4.78, 5) is -0.478. The Kier molecular flexibility index (Phi) is 4.82. The van der Waals surface area contributed by atoms with Crippen molar-refractivity contribution in [2.45, 2.75) is 11.4 Å². The van der Waals surface area contributed by atoms with Crippen molar-refractivity contribution < 1.29 is 12.8 Å². The molecule has 0 unspecified atom stereocenters. The fraction of sp³-hybridized carbons (Fsp3) is 0.143. The van der Waals surface area contributed by atoms with E-state index in [-0.39, 0.29) is 5.02 Å². The van der Waals surface area contributed by atoms with Gasteiger partial charge in [-0.05, 0) is 30.8 Å². The third kappa shape index (κ3) is 3.53. The summed E-state index contributed by atoms with van der Waals surface area (Å²) in [5, 5.41) is 2.71. The van der Waals surface area contributed by atoms with Crippen molar-refractivity contribution >= 4 is 27.3 Å². The first kappa shape index (κ1) is 15.8. The van der Waals surface area contributed by atoms with Crippen LogP contribution in [0.1, 0.15) is 5.56 Å². The van der Waals surface area contributed by atoms with Crippen LogP contribution in [-0.4, -0.2) is 15.5 Å². The Hall–Kier alpha value is -1.63. The minimum atomic E-state index is -4.04. The van der Waals surface area contributed by atoms with Gasteiger partial charge in [0.25, 0.3) is 10.0 Å². The fourth-order valence-electron chi connectivity index (χ4n) is 1.86.